The predicted octanol–water partition coefficient (Wildman–Crippen LogP) is 2.38. The molecule has 2 amide bonds. The van der Waals surface area contributed by atoms with Crippen LogP contribution in [-0.4, -0.2) is 40.5 Å². The number of non-ortho nitro benzene ring substituents is 1. The highest BCUT2D eigenvalue weighted by Crippen LogP contribution is 2.20. The molecule has 0 saturated carbocycles. The summed E-state index contributed by atoms with van der Waals surface area (Å²) in [5.41, 5.74) is 0.107. The number of alkyl halides is 2. The molecule has 12 nitrogen and oxygen atoms in total. The van der Waals surface area contributed by atoms with Crippen molar-refractivity contribution in [2.24, 2.45) is 0 Å². The Morgan fingerprint density at radius 1 is 1.14 bits per heavy atom. The number of carbonyl (C=O) groups is 3. The predicted molar refractivity (Wildman–Crippen MR) is 113 cm³/mol. The summed E-state index contributed by atoms with van der Waals surface area (Å²) in [6, 6.07) is 8.29. The summed E-state index contributed by atoms with van der Waals surface area (Å²) >= 11 is 0. The highest BCUT2D eigenvalue weighted by atomic mass is 19.3. The number of amides is 2. The quantitative estimate of drug-likeness (QED) is 0.254. The second kappa shape index (κ2) is 11.0. The molecule has 35 heavy (non-hydrogen) atoms. The van der Waals surface area contributed by atoms with Crippen LogP contribution in [0.15, 0.2) is 51.7 Å². The number of ether oxygens (including phenoxy) is 2. The van der Waals surface area contributed by atoms with Crippen LogP contribution in [0.5, 0.6) is 5.75 Å². The van der Waals surface area contributed by atoms with Gasteiger partial charge in [-0.3, -0.25) is 34.4 Å². The number of nitro groups is 1. The highest BCUT2D eigenvalue weighted by Gasteiger charge is 2.16. The van der Waals surface area contributed by atoms with E-state index in [1.54, 1.807) is 0 Å². The van der Waals surface area contributed by atoms with Gasteiger partial charge in [0, 0.05) is 24.6 Å². The van der Waals surface area contributed by atoms with Crippen LogP contribution in [0.3, 0.4) is 0 Å². The Labute approximate surface area is 194 Å². The molecule has 0 aliphatic heterocycles. The van der Waals surface area contributed by atoms with Gasteiger partial charge in [0.2, 0.25) is 0 Å². The van der Waals surface area contributed by atoms with Gasteiger partial charge in [0.15, 0.2) is 12.2 Å². The van der Waals surface area contributed by atoms with Gasteiger partial charge in [-0.05, 0) is 36.8 Å². The largest absolute Gasteiger partial charge is 0.456 e. The minimum absolute atomic E-state index is 0.00518. The minimum atomic E-state index is -3.02. The molecule has 184 valence electrons. The molecule has 1 aromatic heterocycles. The van der Waals surface area contributed by atoms with Gasteiger partial charge in [-0.1, -0.05) is 0 Å². The van der Waals surface area contributed by atoms with Gasteiger partial charge in [-0.15, -0.1) is 0 Å². The lowest BCUT2D eigenvalue weighted by atomic mass is 10.2. The summed E-state index contributed by atoms with van der Waals surface area (Å²) in [4.78, 5) is 57.9. The molecule has 0 unspecified atom stereocenters. The second-order valence-corrected chi connectivity index (χ2v) is 6.97. The lowest BCUT2D eigenvalue weighted by Crippen LogP contribution is -2.34. The molecule has 0 bridgehead atoms. The number of carbonyl (C=O) groups excluding carboxylic acids is 3. The average Bonchev–Trinajstić information content (AvgIpc) is 3.12. The van der Waals surface area contributed by atoms with E-state index in [-0.39, 0.29) is 42.0 Å². The van der Waals surface area contributed by atoms with Crippen molar-refractivity contribution in [1.82, 2.24) is 9.88 Å². The molecule has 14 heteroatoms. The van der Waals surface area contributed by atoms with E-state index < -0.39 is 41.7 Å². The fraction of sp³-hybridized carbons (Fsp3) is 0.238. The van der Waals surface area contributed by atoms with Crippen molar-refractivity contribution in [2.45, 2.75) is 26.0 Å². The van der Waals surface area contributed by atoms with E-state index in [1.165, 1.54) is 28.8 Å². The maximum Gasteiger partial charge on any atom is 0.419 e. The van der Waals surface area contributed by atoms with Crippen LogP contribution in [0.25, 0.3) is 11.1 Å². The van der Waals surface area contributed by atoms with Gasteiger partial charge >= 0.3 is 18.3 Å². The summed E-state index contributed by atoms with van der Waals surface area (Å²) in [5, 5.41) is 12.8. The van der Waals surface area contributed by atoms with Crippen LogP contribution in [0.2, 0.25) is 0 Å². The molecular formula is C21H17F2N3O9. The number of hydrogen-bond acceptors (Lipinski definition) is 9. The fourth-order valence-electron chi connectivity index (χ4n) is 3.00. The fourth-order valence-corrected chi connectivity index (χ4v) is 3.00. The van der Waals surface area contributed by atoms with E-state index in [0.29, 0.717) is 5.52 Å². The number of rotatable bonds is 10. The third-order valence-corrected chi connectivity index (χ3v) is 4.58. The number of benzene rings is 2. The van der Waals surface area contributed by atoms with E-state index in [1.807, 2.05) is 5.32 Å². The van der Waals surface area contributed by atoms with Crippen molar-refractivity contribution < 1.29 is 42.0 Å². The van der Waals surface area contributed by atoms with Gasteiger partial charge in [0.25, 0.3) is 17.5 Å². The number of nitrogens with zero attached hydrogens (tertiary/aromatic N) is 2. The number of aryl methyl sites for hydroxylation is 1. The van der Waals surface area contributed by atoms with E-state index >= 15 is 0 Å². The first-order valence-corrected chi connectivity index (χ1v) is 9.96. The minimum Gasteiger partial charge on any atom is -0.456 e. The summed E-state index contributed by atoms with van der Waals surface area (Å²) in [6.07, 6.45) is -0.0309. The highest BCUT2D eigenvalue weighted by molar-refractivity contribution is 6.05. The molecule has 0 fully saturated rings. The lowest BCUT2D eigenvalue weighted by molar-refractivity contribution is -0.384. The van der Waals surface area contributed by atoms with E-state index in [4.69, 9.17) is 9.15 Å². The van der Waals surface area contributed by atoms with Crippen molar-refractivity contribution in [1.29, 1.82) is 0 Å². The van der Waals surface area contributed by atoms with Crippen molar-refractivity contribution >= 4 is 34.6 Å². The third-order valence-electron chi connectivity index (χ3n) is 4.58. The molecule has 2 aromatic carbocycles. The maximum atomic E-state index is 12.1. The zero-order valence-corrected chi connectivity index (χ0v) is 17.8. The summed E-state index contributed by atoms with van der Waals surface area (Å²) in [5.74, 6) is -3.42. The SMILES string of the molecule is O=C(COC(=O)CCCn1c(=O)oc2cc([N+](=O)[O-])ccc21)NC(=O)c1ccc(OC(F)F)cc1. The van der Waals surface area contributed by atoms with Crippen LogP contribution in [0, 0.1) is 10.1 Å². The first-order chi connectivity index (χ1) is 16.6. The Kier molecular flexibility index (Phi) is 7.86. The number of aromatic nitrogens is 1. The average molecular weight is 493 g/mol. The van der Waals surface area contributed by atoms with Crippen LogP contribution >= 0.6 is 0 Å². The first kappa shape index (κ1) is 25.0. The zero-order chi connectivity index (χ0) is 25.5. The van der Waals surface area contributed by atoms with Crippen LogP contribution in [-0.2, 0) is 20.9 Å². The number of nitrogens with one attached hydrogen (secondary N) is 1. The van der Waals surface area contributed by atoms with Crippen LogP contribution in [0.1, 0.15) is 23.2 Å². The first-order valence-electron chi connectivity index (χ1n) is 9.96. The summed E-state index contributed by atoms with van der Waals surface area (Å²) < 4.78 is 39.4. The molecular weight excluding hydrogens is 476 g/mol. The monoisotopic (exact) mass is 493 g/mol. The van der Waals surface area contributed by atoms with E-state index in [0.717, 1.165) is 18.2 Å². The van der Waals surface area contributed by atoms with Gasteiger partial charge in [0.1, 0.15) is 5.75 Å². The lowest BCUT2D eigenvalue weighted by Gasteiger charge is -2.07. The Balaban J connectivity index is 1.44. The smallest absolute Gasteiger partial charge is 0.419 e. The summed E-state index contributed by atoms with van der Waals surface area (Å²) in [6.45, 7) is -3.71. The Morgan fingerprint density at radius 2 is 1.86 bits per heavy atom. The number of fused-ring (bicyclic) bond motifs is 1. The van der Waals surface area contributed by atoms with Crippen molar-refractivity contribution in [3.63, 3.8) is 0 Å². The number of nitro benzene ring substituents is 1. The molecule has 0 aliphatic carbocycles. The van der Waals surface area contributed by atoms with E-state index in [9.17, 15) is 38.1 Å². The van der Waals surface area contributed by atoms with Crippen molar-refractivity contribution in [2.75, 3.05) is 6.61 Å². The maximum absolute atomic E-state index is 12.1. The Bertz CT molecular complexity index is 1320. The van der Waals surface area contributed by atoms with Crippen LogP contribution < -0.4 is 15.8 Å². The number of hydrogen-bond donors (Lipinski definition) is 1. The number of esters is 1. The van der Waals surface area contributed by atoms with Gasteiger partial charge in [-0.2, -0.15) is 8.78 Å². The van der Waals surface area contributed by atoms with Gasteiger partial charge < -0.3 is 13.9 Å². The Hall–Kier alpha value is -4.62. The molecule has 0 saturated heterocycles. The van der Waals surface area contributed by atoms with Crippen molar-refractivity contribution in [3.05, 3.63) is 68.7 Å². The third kappa shape index (κ3) is 6.69. The molecule has 0 spiro atoms. The molecule has 1 heterocycles. The second-order valence-electron chi connectivity index (χ2n) is 6.97. The molecule has 0 aliphatic rings. The topological polar surface area (TPSA) is 160 Å². The van der Waals surface area contributed by atoms with Crippen LogP contribution in [0.4, 0.5) is 14.5 Å². The summed E-state index contributed by atoms with van der Waals surface area (Å²) in [7, 11) is 0. The zero-order valence-electron chi connectivity index (χ0n) is 17.8. The van der Waals surface area contributed by atoms with Gasteiger partial charge in [0.05, 0.1) is 16.5 Å². The number of oxazole rings is 1. The normalized spacial score (nSPS) is 10.8. The number of imide groups is 1. The molecule has 0 atom stereocenters. The van der Waals surface area contributed by atoms with Gasteiger partial charge in [-0.25, -0.2) is 4.79 Å². The molecule has 3 rings (SSSR count). The Morgan fingerprint density at radius 3 is 2.51 bits per heavy atom. The van der Waals surface area contributed by atoms with Crippen molar-refractivity contribution in [3.8, 4) is 5.75 Å². The molecule has 1 N–H and O–H groups in total. The number of halogens is 2. The van der Waals surface area contributed by atoms with E-state index in [2.05, 4.69) is 4.74 Å². The molecule has 0 radical (unpaired) electrons. The standard InChI is InChI=1S/C21H17F2N3O9/c22-20(23)34-14-6-3-12(4-7-14)19(29)24-17(27)11-33-18(28)2-1-9-25-15-8-5-13(26(31)32)10-16(15)35-21(25)30/h3-8,10,20H,1-2,9,11H2,(H,24,27,29). The molecule has 3 aromatic rings.